The lowest BCUT2D eigenvalue weighted by Gasteiger charge is -2.53. The van der Waals surface area contributed by atoms with Crippen molar-refractivity contribution in [2.24, 2.45) is 0 Å². The molecule has 1 fully saturated rings. The maximum Gasteiger partial charge on any atom is 0.328 e. The van der Waals surface area contributed by atoms with Gasteiger partial charge in [0.1, 0.15) is 0 Å². The van der Waals surface area contributed by atoms with Crippen LogP contribution in [0.3, 0.4) is 0 Å². The molecule has 0 saturated carbocycles. The molecule has 0 aromatic heterocycles. The van der Waals surface area contributed by atoms with E-state index in [2.05, 4.69) is 45.7 Å². The fourth-order valence-corrected chi connectivity index (χ4v) is 2.81. The minimum Gasteiger partial charge on any atom is -0.478 e. The van der Waals surface area contributed by atoms with Gasteiger partial charge in [-0.05, 0) is 47.6 Å². The van der Waals surface area contributed by atoms with Crippen molar-refractivity contribution in [3.63, 3.8) is 0 Å². The average Bonchev–Trinajstić information content (AvgIpc) is 2.43. The Labute approximate surface area is 143 Å². The third-order valence-corrected chi connectivity index (χ3v) is 4.21. The van der Waals surface area contributed by atoms with Crippen LogP contribution in [0.4, 0.5) is 0 Å². The van der Waals surface area contributed by atoms with E-state index in [4.69, 9.17) is 20.2 Å². The number of carbonyl (C=O) groups is 2. The Balaban J connectivity index is 0.000000561. The molecule has 7 heteroatoms. The molecule has 0 unspecified atom stereocenters. The lowest BCUT2D eigenvalue weighted by molar-refractivity contribution is -0.134. The van der Waals surface area contributed by atoms with Gasteiger partial charge < -0.3 is 14.9 Å². The second kappa shape index (κ2) is 9.40. The van der Waals surface area contributed by atoms with Gasteiger partial charge in [-0.1, -0.05) is 0 Å². The van der Waals surface area contributed by atoms with Crippen LogP contribution in [0, 0.1) is 11.3 Å². The molecule has 136 valence electrons. The number of likely N-dealkylation sites (tertiary alicyclic amines) is 1. The van der Waals surface area contributed by atoms with Gasteiger partial charge in [-0.2, -0.15) is 5.26 Å². The maximum absolute atomic E-state index is 9.55. The smallest absolute Gasteiger partial charge is 0.328 e. The van der Waals surface area contributed by atoms with Gasteiger partial charge >= 0.3 is 11.9 Å². The summed E-state index contributed by atoms with van der Waals surface area (Å²) in [6.45, 7) is 9.60. The molecule has 0 aliphatic carbocycles. The van der Waals surface area contributed by atoms with E-state index in [-0.39, 0.29) is 17.2 Å². The van der Waals surface area contributed by atoms with Crippen LogP contribution in [-0.4, -0.2) is 57.9 Å². The first kappa shape index (κ1) is 22.1. The summed E-state index contributed by atoms with van der Waals surface area (Å²) >= 11 is 0. The number of carboxylic acid groups (broad SMARTS) is 2. The Morgan fingerprint density at radius 1 is 1.17 bits per heavy atom. The quantitative estimate of drug-likeness (QED) is 0.583. The predicted molar refractivity (Wildman–Crippen MR) is 89.5 cm³/mol. The molecule has 0 spiro atoms. The Bertz CT molecular complexity index is 472. The minimum absolute atomic E-state index is 0.166. The normalized spacial score (nSPS) is 20.0. The second-order valence-electron chi connectivity index (χ2n) is 7.00. The number of aliphatic carboxylic acids is 2. The van der Waals surface area contributed by atoms with Gasteiger partial charge in [0.15, 0.2) is 0 Å². The third kappa shape index (κ3) is 8.09. The van der Waals surface area contributed by atoms with Crippen LogP contribution in [0.5, 0.6) is 0 Å². The molecule has 0 radical (unpaired) electrons. The van der Waals surface area contributed by atoms with E-state index in [1.165, 1.54) is 0 Å². The van der Waals surface area contributed by atoms with Gasteiger partial charge in [0, 0.05) is 23.2 Å². The Morgan fingerprint density at radius 2 is 1.58 bits per heavy atom. The summed E-state index contributed by atoms with van der Waals surface area (Å²) in [5.41, 5.74) is 0.331. The van der Waals surface area contributed by atoms with E-state index in [0.29, 0.717) is 25.2 Å². The molecule has 1 rings (SSSR count). The second-order valence-corrected chi connectivity index (χ2v) is 7.00. The standard InChI is InChI=1S/C13H24N2O.C4H4O4/c1-12(2)9-11(16-8-6-7-14)10-13(3,4)15(12)5;5-3(6)1-2-4(7)8/h11H,6,8-10H2,1-5H3;1-2H,(H,5,6)(H,7,8)/b;2-1-. The van der Waals surface area contributed by atoms with Crippen molar-refractivity contribution < 1.29 is 24.5 Å². The van der Waals surface area contributed by atoms with E-state index < -0.39 is 11.9 Å². The lowest BCUT2D eigenvalue weighted by Crippen LogP contribution is -2.60. The predicted octanol–water partition coefficient (Wildman–Crippen LogP) is 2.28. The molecule has 7 nitrogen and oxygen atoms in total. The number of carboxylic acids is 2. The Kier molecular flexibility index (Phi) is 8.65. The van der Waals surface area contributed by atoms with Crippen LogP contribution in [0.25, 0.3) is 0 Å². The molecule has 1 heterocycles. The zero-order valence-corrected chi connectivity index (χ0v) is 15.1. The lowest BCUT2D eigenvalue weighted by atomic mass is 9.79. The first-order valence-corrected chi connectivity index (χ1v) is 7.79. The van der Waals surface area contributed by atoms with Crippen LogP contribution in [0.1, 0.15) is 47.0 Å². The van der Waals surface area contributed by atoms with E-state index in [1.807, 2.05) is 0 Å². The van der Waals surface area contributed by atoms with Crippen LogP contribution >= 0.6 is 0 Å². The summed E-state index contributed by atoms with van der Waals surface area (Å²) in [4.78, 5) is 21.5. The van der Waals surface area contributed by atoms with Gasteiger partial charge in [0.2, 0.25) is 0 Å². The van der Waals surface area contributed by atoms with E-state index in [0.717, 1.165) is 12.8 Å². The molecule has 0 aromatic rings. The van der Waals surface area contributed by atoms with Crippen molar-refractivity contribution in [2.45, 2.75) is 64.1 Å². The van der Waals surface area contributed by atoms with Gasteiger partial charge in [-0.15, -0.1) is 0 Å². The molecule has 1 saturated heterocycles. The van der Waals surface area contributed by atoms with Crippen molar-refractivity contribution in [1.29, 1.82) is 5.26 Å². The zero-order chi connectivity index (χ0) is 19.0. The number of piperidine rings is 1. The summed E-state index contributed by atoms with van der Waals surface area (Å²) in [6, 6.07) is 2.12. The summed E-state index contributed by atoms with van der Waals surface area (Å²) < 4.78 is 5.79. The number of ether oxygens (including phenoxy) is 1. The number of hydrogen-bond acceptors (Lipinski definition) is 5. The molecule has 1 aliphatic rings. The third-order valence-electron chi connectivity index (χ3n) is 4.21. The highest BCUT2D eigenvalue weighted by Gasteiger charge is 2.43. The molecule has 0 bridgehead atoms. The molecule has 2 N–H and O–H groups in total. The minimum atomic E-state index is -1.26. The van der Waals surface area contributed by atoms with Crippen molar-refractivity contribution >= 4 is 11.9 Å². The molecular weight excluding hydrogens is 312 g/mol. The summed E-state index contributed by atoms with van der Waals surface area (Å²) in [6.07, 6.45) is 3.98. The zero-order valence-electron chi connectivity index (χ0n) is 15.1. The van der Waals surface area contributed by atoms with Crippen LogP contribution < -0.4 is 0 Å². The van der Waals surface area contributed by atoms with Gasteiger partial charge in [0.25, 0.3) is 0 Å². The van der Waals surface area contributed by atoms with Crippen molar-refractivity contribution in [2.75, 3.05) is 13.7 Å². The van der Waals surface area contributed by atoms with E-state index in [1.54, 1.807) is 0 Å². The highest BCUT2D eigenvalue weighted by Crippen LogP contribution is 2.37. The van der Waals surface area contributed by atoms with Gasteiger partial charge in [-0.25, -0.2) is 9.59 Å². The van der Waals surface area contributed by atoms with Gasteiger partial charge in [0.05, 0.1) is 25.2 Å². The Hall–Kier alpha value is -1.91. The molecule has 1 aliphatic heterocycles. The number of nitriles is 1. The first-order valence-electron chi connectivity index (χ1n) is 7.79. The molecule has 0 aromatic carbocycles. The van der Waals surface area contributed by atoms with Crippen LogP contribution in [-0.2, 0) is 14.3 Å². The number of nitrogens with zero attached hydrogens (tertiary/aromatic N) is 2. The number of rotatable bonds is 5. The van der Waals surface area contributed by atoms with Gasteiger partial charge in [-0.3, -0.25) is 4.90 Å². The van der Waals surface area contributed by atoms with Crippen LogP contribution in [0.2, 0.25) is 0 Å². The highest BCUT2D eigenvalue weighted by molar-refractivity contribution is 5.89. The van der Waals surface area contributed by atoms with E-state index >= 15 is 0 Å². The fourth-order valence-electron chi connectivity index (χ4n) is 2.81. The highest BCUT2D eigenvalue weighted by atomic mass is 16.5. The van der Waals surface area contributed by atoms with Crippen molar-refractivity contribution in [3.05, 3.63) is 12.2 Å². The molecule has 0 amide bonds. The van der Waals surface area contributed by atoms with Crippen molar-refractivity contribution in [1.82, 2.24) is 4.90 Å². The molecule has 24 heavy (non-hydrogen) atoms. The average molecular weight is 340 g/mol. The molecule has 0 atom stereocenters. The SMILES string of the molecule is CN1C(C)(C)CC(OCCC#N)CC1(C)C.O=C(O)/C=C\C(=O)O. The Morgan fingerprint density at radius 3 is 1.92 bits per heavy atom. The monoisotopic (exact) mass is 340 g/mol. The summed E-state index contributed by atoms with van der Waals surface area (Å²) in [7, 11) is 2.19. The first-order chi connectivity index (χ1) is 10.9. The number of hydrogen-bond donors (Lipinski definition) is 2. The summed E-state index contributed by atoms with van der Waals surface area (Å²) in [5.74, 6) is -2.51. The summed E-state index contributed by atoms with van der Waals surface area (Å²) in [5, 5.41) is 24.1. The van der Waals surface area contributed by atoms with Crippen LogP contribution in [0.15, 0.2) is 12.2 Å². The topological polar surface area (TPSA) is 111 Å². The molecular formula is C17H28N2O5. The van der Waals surface area contributed by atoms with Crippen molar-refractivity contribution in [3.8, 4) is 6.07 Å². The maximum atomic E-state index is 9.55. The largest absolute Gasteiger partial charge is 0.478 e. The fraction of sp³-hybridized carbons (Fsp3) is 0.706. The van der Waals surface area contributed by atoms with E-state index in [9.17, 15) is 9.59 Å².